The van der Waals surface area contributed by atoms with E-state index >= 15 is 0 Å². The van der Waals surface area contributed by atoms with E-state index in [9.17, 15) is 18.0 Å². The second-order valence-corrected chi connectivity index (χ2v) is 8.05. The van der Waals surface area contributed by atoms with Gasteiger partial charge in [-0.1, -0.05) is 12.1 Å². The van der Waals surface area contributed by atoms with Gasteiger partial charge in [0.15, 0.2) is 11.6 Å². The summed E-state index contributed by atoms with van der Waals surface area (Å²) in [5, 5.41) is 9.19. The first-order chi connectivity index (χ1) is 14.5. The fourth-order valence-corrected chi connectivity index (χ4v) is 4.39. The minimum atomic E-state index is -1.32. The molecule has 31 heavy (non-hydrogen) atoms. The molecule has 2 heterocycles. The van der Waals surface area contributed by atoms with Gasteiger partial charge >= 0.3 is 6.03 Å². The highest BCUT2D eigenvalue weighted by molar-refractivity contribution is 7.15. The highest BCUT2D eigenvalue weighted by Gasteiger charge is 2.19. The number of nitrogens with one attached hydrogen (secondary N) is 3. The number of benzene rings is 2. The van der Waals surface area contributed by atoms with Crippen LogP contribution in [0, 0.1) is 17.5 Å². The van der Waals surface area contributed by atoms with Crippen LogP contribution in [0.1, 0.15) is 23.8 Å². The first-order valence-corrected chi connectivity index (χ1v) is 10.3. The van der Waals surface area contributed by atoms with Gasteiger partial charge in [-0.15, -0.1) is 23.7 Å². The summed E-state index contributed by atoms with van der Waals surface area (Å²) in [7, 11) is 0. The quantitative estimate of drug-likeness (QED) is 0.426. The average molecular weight is 469 g/mol. The summed E-state index contributed by atoms with van der Waals surface area (Å²) in [5.41, 5.74) is 1.01. The summed E-state index contributed by atoms with van der Waals surface area (Å²) in [6.07, 6.45) is 4.04. The summed E-state index contributed by atoms with van der Waals surface area (Å²) in [5.74, 6) is -3.13. The van der Waals surface area contributed by atoms with Crippen molar-refractivity contribution in [1.29, 1.82) is 0 Å². The second-order valence-electron chi connectivity index (χ2n) is 6.99. The minimum Gasteiger partial charge on any atom is -0.317 e. The van der Waals surface area contributed by atoms with Gasteiger partial charge in [0.25, 0.3) is 0 Å². The molecule has 0 spiro atoms. The van der Waals surface area contributed by atoms with Crippen molar-refractivity contribution in [1.82, 2.24) is 10.3 Å². The Kier molecular flexibility index (Phi) is 7.53. The van der Waals surface area contributed by atoms with Crippen LogP contribution in [0.15, 0.2) is 42.6 Å². The highest BCUT2D eigenvalue weighted by atomic mass is 35.5. The van der Waals surface area contributed by atoms with Crippen LogP contribution < -0.4 is 16.0 Å². The van der Waals surface area contributed by atoms with E-state index in [4.69, 9.17) is 0 Å². The van der Waals surface area contributed by atoms with Crippen molar-refractivity contribution in [2.45, 2.75) is 18.8 Å². The van der Waals surface area contributed by atoms with Crippen LogP contribution in [0.2, 0.25) is 0 Å². The molecular weight excluding hydrogens is 449 g/mol. The molecule has 2 amide bonds. The molecule has 0 aliphatic carbocycles. The number of halogens is 4. The van der Waals surface area contributed by atoms with Crippen LogP contribution in [-0.4, -0.2) is 24.1 Å². The Labute approximate surface area is 187 Å². The van der Waals surface area contributed by atoms with Crippen LogP contribution in [0.4, 0.5) is 29.3 Å². The van der Waals surface area contributed by atoms with Crippen molar-refractivity contribution >= 4 is 41.1 Å². The van der Waals surface area contributed by atoms with Gasteiger partial charge in [-0.25, -0.2) is 22.9 Å². The van der Waals surface area contributed by atoms with E-state index in [1.54, 1.807) is 23.5 Å². The number of piperidine rings is 1. The standard InChI is InChI=1S/C21H19F3N4OS.ClH/c22-15-9-17(24)18(10-16(15)23)28-21(29)27-14-3-1-12(2-4-14)19-11-26-20(30-19)13-5-7-25-8-6-13;/h1-4,9-11,13,25H,5-8H2,(H2,27,28,29);1H. The van der Waals surface area contributed by atoms with Crippen LogP contribution in [0.3, 0.4) is 0 Å². The van der Waals surface area contributed by atoms with Gasteiger partial charge in [-0.2, -0.15) is 0 Å². The van der Waals surface area contributed by atoms with Crippen LogP contribution in [-0.2, 0) is 0 Å². The number of hydrogen-bond donors (Lipinski definition) is 3. The van der Waals surface area contributed by atoms with Crippen molar-refractivity contribution in [3.8, 4) is 10.4 Å². The lowest BCUT2D eigenvalue weighted by Gasteiger charge is -2.20. The molecule has 3 N–H and O–H groups in total. The summed E-state index contributed by atoms with van der Waals surface area (Å²) in [6.45, 7) is 2.02. The number of urea groups is 1. The van der Waals surface area contributed by atoms with Crippen LogP contribution >= 0.6 is 23.7 Å². The van der Waals surface area contributed by atoms with Crippen molar-refractivity contribution in [2.75, 3.05) is 23.7 Å². The molecule has 5 nitrogen and oxygen atoms in total. The normalized spacial score (nSPS) is 14.0. The lowest BCUT2D eigenvalue weighted by atomic mass is 9.99. The van der Waals surface area contributed by atoms with Gasteiger partial charge in [0.1, 0.15) is 5.82 Å². The van der Waals surface area contributed by atoms with E-state index in [0.29, 0.717) is 23.7 Å². The minimum absolute atomic E-state index is 0. The monoisotopic (exact) mass is 468 g/mol. The number of hydrogen-bond acceptors (Lipinski definition) is 4. The highest BCUT2D eigenvalue weighted by Crippen LogP contribution is 2.34. The maximum atomic E-state index is 13.6. The Hall–Kier alpha value is -2.62. The average Bonchev–Trinajstić information content (AvgIpc) is 3.23. The second kappa shape index (κ2) is 10.1. The summed E-state index contributed by atoms with van der Waals surface area (Å²) in [4.78, 5) is 17.7. The zero-order valence-electron chi connectivity index (χ0n) is 16.3. The topological polar surface area (TPSA) is 66.0 Å². The molecular formula is C21H20ClF3N4OS. The Bertz CT molecular complexity index is 1060. The number of nitrogens with zero attached hydrogens (tertiary/aromatic N) is 1. The molecule has 0 radical (unpaired) electrons. The molecule has 2 aromatic carbocycles. The third kappa shape index (κ3) is 5.55. The molecule has 1 aliphatic heterocycles. The fourth-order valence-electron chi connectivity index (χ4n) is 3.30. The number of rotatable bonds is 4. The Morgan fingerprint density at radius 2 is 1.68 bits per heavy atom. The molecule has 0 bridgehead atoms. The molecule has 10 heteroatoms. The number of thiazole rings is 1. The van der Waals surface area contributed by atoms with Crippen LogP contribution in [0.5, 0.6) is 0 Å². The molecule has 1 fully saturated rings. The van der Waals surface area contributed by atoms with Gasteiger partial charge in [-0.3, -0.25) is 0 Å². The molecule has 0 atom stereocenters. The number of carbonyl (C=O) groups is 1. The van der Waals surface area contributed by atoms with E-state index in [1.165, 1.54) is 0 Å². The number of anilines is 2. The Balaban J connectivity index is 0.00000272. The van der Waals surface area contributed by atoms with Gasteiger partial charge in [-0.05, 0) is 43.6 Å². The van der Waals surface area contributed by atoms with Gasteiger partial charge in [0.05, 0.1) is 15.6 Å². The lowest BCUT2D eigenvalue weighted by Crippen LogP contribution is -2.26. The number of amides is 2. The number of aromatic nitrogens is 1. The van der Waals surface area contributed by atoms with Crippen molar-refractivity contribution in [2.24, 2.45) is 0 Å². The van der Waals surface area contributed by atoms with Gasteiger partial charge < -0.3 is 16.0 Å². The third-order valence-electron chi connectivity index (χ3n) is 4.90. The molecule has 4 rings (SSSR count). The summed E-state index contributed by atoms with van der Waals surface area (Å²) < 4.78 is 39.9. The third-order valence-corrected chi connectivity index (χ3v) is 6.11. The van der Waals surface area contributed by atoms with Gasteiger partial charge in [0, 0.05) is 29.9 Å². The molecule has 164 valence electrons. The predicted octanol–water partition coefficient (Wildman–Crippen LogP) is 5.76. The molecule has 1 aliphatic rings. The summed E-state index contributed by atoms with van der Waals surface area (Å²) >= 11 is 1.67. The molecule has 1 saturated heterocycles. The molecule has 3 aromatic rings. The van der Waals surface area contributed by atoms with Crippen molar-refractivity contribution in [3.05, 3.63) is 65.1 Å². The van der Waals surface area contributed by atoms with E-state index in [0.717, 1.165) is 41.4 Å². The maximum absolute atomic E-state index is 13.6. The van der Waals surface area contributed by atoms with Crippen molar-refractivity contribution in [3.63, 3.8) is 0 Å². The first kappa shape index (κ1) is 23.1. The predicted molar refractivity (Wildman–Crippen MR) is 119 cm³/mol. The maximum Gasteiger partial charge on any atom is 0.323 e. The molecule has 0 saturated carbocycles. The largest absolute Gasteiger partial charge is 0.323 e. The smallest absolute Gasteiger partial charge is 0.317 e. The Morgan fingerprint density at radius 1 is 1.00 bits per heavy atom. The SMILES string of the molecule is Cl.O=C(Nc1ccc(-c2cnc(C3CCNCC3)s2)cc1)Nc1cc(F)c(F)cc1F. The lowest BCUT2D eigenvalue weighted by molar-refractivity contribution is 0.262. The fraction of sp³-hybridized carbons (Fsp3) is 0.238. The molecule has 0 unspecified atom stereocenters. The number of carbonyl (C=O) groups excluding carboxylic acids is 1. The Morgan fingerprint density at radius 3 is 2.39 bits per heavy atom. The first-order valence-electron chi connectivity index (χ1n) is 9.49. The van der Waals surface area contributed by atoms with E-state index in [-0.39, 0.29) is 12.4 Å². The zero-order chi connectivity index (χ0) is 21.1. The van der Waals surface area contributed by atoms with Crippen molar-refractivity contribution < 1.29 is 18.0 Å². The van der Waals surface area contributed by atoms with E-state index in [1.807, 2.05) is 18.3 Å². The summed E-state index contributed by atoms with van der Waals surface area (Å²) in [6, 6.07) is 7.34. The van der Waals surface area contributed by atoms with E-state index in [2.05, 4.69) is 20.9 Å². The molecule has 1 aromatic heterocycles. The zero-order valence-corrected chi connectivity index (χ0v) is 17.9. The van der Waals surface area contributed by atoms with Gasteiger partial charge in [0.2, 0.25) is 0 Å². The van der Waals surface area contributed by atoms with E-state index < -0.39 is 29.2 Å². The van der Waals surface area contributed by atoms with Crippen LogP contribution in [0.25, 0.3) is 10.4 Å².